The van der Waals surface area contributed by atoms with E-state index in [0.29, 0.717) is 12.4 Å². The minimum atomic E-state index is -0.598. The smallest absolute Gasteiger partial charge is 0.244 e. The van der Waals surface area contributed by atoms with Crippen LogP contribution in [-0.2, 0) is 19.0 Å². The van der Waals surface area contributed by atoms with E-state index in [2.05, 4.69) is 0 Å². The average molecular weight is 212 g/mol. The number of carbonyl (C=O) groups is 1. The molecule has 0 spiro atoms. The fraction of sp³-hybridized carbons (Fsp3) is 0.727. The van der Waals surface area contributed by atoms with Gasteiger partial charge in [0.15, 0.2) is 11.5 Å². The molecule has 0 bridgehead atoms. The third kappa shape index (κ3) is 2.96. The summed E-state index contributed by atoms with van der Waals surface area (Å²) in [5.74, 6) is 0.507. The van der Waals surface area contributed by atoms with E-state index in [1.807, 2.05) is 13.8 Å². The van der Waals surface area contributed by atoms with Crippen LogP contribution in [0.3, 0.4) is 0 Å². The van der Waals surface area contributed by atoms with Crippen molar-refractivity contribution in [3.63, 3.8) is 0 Å². The molecule has 84 valence electrons. The number of ether oxygens (including phenoxy) is 3. The normalized spacial score (nSPS) is 22.9. The molecule has 0 aromatic carbocycles. The first kappa shape index (κ1) is 10.5. The second-order valence-electron chi connectivity index (χ2n) is 4.44. The predicted octanol–water partition coefficient (Wildman–Crippen LogP) is 1.61. The highest BCUT2D eigenvalue weighted by atomic mass is 16.7. The van der Waals surface area contributed by atoms with Gasteiger partial charge in [-0.25, -0.2) is 0 Å². The molecule has 0 saturated heterocycles. The van der Waals surface area contributed by atoms with E-state index in [0.717, 1.165) is 12.8 Å². The Hall–Kier alpha value is -1.03. The van der Waals surface area contributed by atoms with E-state index in [-0.39, 0.29) is 18.3 Å². The van der Waals surface area contributed by atoms with Gasteiger partial charge in [0.25, 0.3) is 0 Å². The van der Waals surface area contributed by atoms with Gasteiger partial charge >= 0.3 is 0 Å². The number of hydrogen-bond acceptors (Lipinski definition) is 4. The maximum absolute atomic E-state index is 11.3. The van der Waals surface area contributed by atoms with Crippen LogP contribution in [0.2, 0.25) is 0 Å². The van der Waals surface area contributed by atoms with Crippen molar-refractivity contribution in [3.05, 3.63) is 12.0 Å². The minimum Gasteiger partial charge on any atom is -0.457 e. The van der Waals surface area contributed by atoms with E-state index in [1.165, 1.54) is 0 Å². The number of ketones is 1. The molecule has 1 heterocycles. The molecule has 0 radical (unpaired) electrons. The second-order valence-corrected chi connectivity index (χ2v) is 4.44. The Morgan fingerprint density at radius 2 is 2.33 bits per heavy atom. The maximum atomic E-state index is 11.3. The molecule has 4 nitrogen and oxygen atoms in total. The SMILES string of the molecule is CC1(C)OC=C(COCC(=O)C2CC2)O1. The fourth-order valence-corrected chi connectivity index (χ4v) is 1.41. The summed E-state index contributed by atoms with van der Waals surface area (Å²) in [6.07, 6.45) is 3.59. The first-order valence-corrected chi connectivity index (χ1v) is 5.23. The summed E-state index contributed by atoms with van der Waals surface area (Å²) in [4.78, 5) is 11.3. The highest BCUT2D eigenvalue weighted by Crippen LogP contribution is 2.30. The first-order chi connectivity index (χ1) is 7.07. The summed E-state index contributed by atoms with van der Waals surface area (Å²) >= 11 is 0. The van der Waals surface area contributed by atoms with Crippen LogP contribution in [0.1, 0.15) is 26.7 Å². The zero-order valence-electron chi connectivity index (χ0n) is 9.12. The van der Waals surface area contributed by atoms with Gasteiger partial charge in [0.1, 0.15) is 19.5 Å². The molecule has 4 heteroatoms. The Bertz CT molecular complexity index is 289. The zero-order chi connectivity index (χ0) is 10.9. The van der Waals surface area contributed by atoms with Gasteiger partial charge in [-0.1, -0.05) is 0 Å². The Balaban J connectivity index is 1.64. The largest absolute Gasteiger partial charge is 0.457 e. The van der Waals surface area contributed by atoms with Gasteiger partial charge in [-0.2, -0.15) is 0 Å². The van der Waals surface area contributed by atoms with Crippen LogP contribution in [0.15, 0.2) is 12.0 Å². The lowest BCUT2D eigenvalue weighted by atomic mass is 10.3. The molecule has 1 aliphatic carbocycles. The highest BCUT2D eigenvalue weighted by Gasteiger charge is 2.30. The van der Waals surface area contributed by atoms with Crippen LogP contribution < -0.4 is 0 Å². The summed E-state index contributed by atoms with van der Waals surface area (Å²) < 4.78 is 15.9. The van der Waals surface area contributed by atoms with Gasteiger partial charge in [-0.15, -0.1) is 0 Å². The van der Waals surface area contributed by atoms with Crippen molar-refractivity contribution in [1.82, 2.24) is 0 Å². The number of hydrogen-bond donors (Lipinski definition) is 0. The van der Waals surface area contributed by atoms with Gasteiger partial charge in [-0.05, 0) is 12.8 Å². The van der Waals surface area contributed by atoms with E-state index >= 15 is 0 Å². The molecule has 2 rings (SSSR count). The Kier molecular flexibility index (Phi) is 2.69. The molecule has 15 heavy (non-hydrogen) atoms. The molecule has 1 saturated carbocycles. The van der Waals surface area contributed by atoms with Crippen LogP contribution in [0, 0.1) is 5.92 Å². The Morgan fingerprint density at radius 1 is 1.60 bits per heavy atom. The van der Waals surface area contributed by atoms with Gasteiger partial charge in [0, 0.05) is 19.8 Å². The molecule has 0 amide bonds. The predicted molar refractivity (Wildman–Crippen MR) is 52.9 cm³/mol. The Labute approximate surface area is 89.2 Å². The molecular formula is C11H16O4. The van der Waals surface area contributed by atoms with Crippen molar-refractivity contribution in [3.8, 4) is 0 Å². The number of carbonyl (C=O) groups excluding carboxylic acids is 1. The summed E-state index contributed by atoms with van der Waals surface area (Å²) in [7, 11) is 0. The van der Waals surface area contributed by atoms with Crippen molar-refractivity contribution in [2.45, 2.75) is 32.5 Å². The monoisotopic (exact) mass is 212 g/mol. The Morgan fingerprint density at radius 3 is 2.87 bits per heavy atom. The summed E-state index contributed by atoms with van der Waals surface area (Å²) in [6, 6.07) is 0. The van der Waals surface area contributed by atoms with E-state index in [1.54, 1.807) is 6.26 Å². The zero-order valence-corrected chi connectivity index (χ0v) is 9.12. The van der Waals surface area contributed by atoms with E-state index in [9.17, 15) is 4.79 Å². The molecule has 0 aromatic rings. The van der Waals surface area contributed by atoms with Gasteiger partial charge in [-0.3, -0.25) is 4.79 Å². The third-order valence-electron chi connectivity index (χ3n) is 2.37. The molecule has 0 N–H and O–H groups in total. The molecule has 1 fully saturated rings. The van der Waals surface area contributed by atoms with Crippen LogP contribution in [-0.4, -0.2) is 24.8 Å². The second kappa shape index (κ2) is 3.85. The summed E-state index contributed by atoms with van der Waals surface area (Å²) in [5.41, 5.74) is 0. The number of rotatable bonds is 5. The van der Waals surface area contributed by atoms with E-state index in [4.69, 9.17) is 14.2 Å². The molecule has 0 unspecified atom stereocenters. The number of Topliss-reactive ketones (excluding diaryl/α,β-unsaturated/α-hetero) is 1. The first-order valence-electron chi connectivity index (χ1n) is 5.23. The lowest BCUT2D eigenvalue weighted by Gasteiger charge is -2.18. The quantitative estimate of drug-likeness (QED) is 0.694. The fourth-order valence-electron chi connectivity index (χ4n) is 1.41. The van der Waals surface area contributed by atoms with Crippen LogP contribution in [0.25, 0.3) is 0 Å². The molecular weight excluding hydrogens is 196 g/mol. The van der Waals surface area contributed by atoms with Gasteiger partial charge in [0.2, 0.25) is 5.79 Å². The minimum absolute atomic E-state index is 0.186. The van der Waals surface area contributed by atoms with Crippen LogP contribution >= 0.6 is 0 Å². The molecule has 0 atom stereocenters. The highest BCUT2D eigenvalue weighted by molar-refractivity contribution is 5.84. The van der Waals surface area contributed by atoms with E-state index < -0.39 is 5.79 Å². The standard InChI is InChI=1S/C11H16O4/c1-11(2)14-6-9(15-11)5-13-7-10(12)8-3-4-8/h6,8H,3-5,7H2,1-2H3. The summed E-state index contributed by atoms with van der Waals surface area (Å²) in [6.45, 7) is 4.14. The molecule has 2 aliphatic rings. The van der Waals surface area contributed by atoms with Gasteiger partial charge < -0.3 is 14.2 Å². The average Bonchev–Trinajstić information content (AvgIpc) is 2.92. The molecule has 1 aliphatic heterocycles. The summed E-state index contributed by atoms with van der Waals surface area (Å²) in [5, 5.41) is 0. The maximum Gasteiger partial charge on any atom is 0.244 e. The van der Waals surface area contributed by atoms with Crippen molar-refractivity contribution in [2.75, 3.05) is 13.2 Å². The van der Waals surface area contributed by atoms with Crippen molar-refractivity contribution >= 4 is 5.78 Å². The van der Waals surface area contributed by atoms with Crippen LogP contribution in [0.5, 0.6) is 0 Å². The lowest BCUT2D eigenvalue weighted by molar-refractivity contribution is -0.128. The third-order valence-corrected chi connectivity index (χ3v) is 2.37. The molecule has 0 aromatic heterocycles. The van der Waals surface area contributed by atoms with Crippen LogP contribution in [0.4, 0.5) is 0 Å². The lowest BCUT2D eigenvalue weighted by Crippen LogP contribution is -2.21. The topological polar surface area (TPSA) is 44.8 Å². The van der Waals surface area contributed by atoms with Gasteiger partial charge in [0.05, 0.1) is 0 Å². The van der Waals surface area contributed by atoms with Crippen molar-refractivity contribution in [1.29, 1.82) is 0 Å². The van der Waals surface area contributed by atoms with Crippen molar-refractivity contribution < 1.29 is 19.0 Å². The van der Waals surface area contributed by atoms with Crippen molar-refractivity contribution in [2.24, 2.45) is 5.92 Å².